The number of hydrogen-bond donors (Lipinski definition) is 2. The van der Waals surface area contributed by atoms with E-state index in [9.17, 15) is 4.79 Å². The summed E-state index contributed by atoms with van der Waals surface area (Å²) in [5.41, 5.74) is 0.310. The van der Waals surface area contributed by atoms with Crippen molar-refractivity contribution in [3.8, 4) is 0 Å². The van der Waals surface area contributed by atoms with Crippen LogP contribution in [0, 0.1) is 0 Å². The lowest BCUT2D eigenvalue weighted by Crippen LogP contribution is -2.56. The first-order valence-corrected chi connectivity index (χ1v) is 9.25. The number of rotatable bonds is 6. The molecule has 1 fully saturated rings. The van der Waals surface area contributed by atoms with E-state index in [0.29, 0.717) is 17.9 Å². The fourth-order valence-corrected chi connectivity index (χ4v) is 3.75. The lowest BCUT2D eigenvalue weighted by atomic mass is 9.87. The van der Waals surface area contributed by atoms with Crippen LogP contribution in [0.1, 0.15) is 31.4 Å². The summed E-state index contributed by atoms with van der Waals surface area (Å²) in [5, 5.41) is 11.5. The van der Waals surface area contributed by atoms with Crippen molar-refractivity contribution < 1.29 is 9.53 Å². The number of halogens is 2. The summed E-state index contributed by atoms with van der Waals surface area (Å²) in [6.45, 7) is 3.53. The lowest BCUT2D eigenvalue weighted by Gasteiger charge is -2.38. The first-order valence-electron chi connectivity index (χ1n) is 8.87. The Balaban J connectivity index is 0.00000261. The Morgan fingerprint density at radius 3 is 2.56 bits per heavy atom. The molecule has 6 nitrogen and oxygen atoms in total. The van der Waals surface area contributed by atoms with E-state index in [4.69, 9.17) is 16.3 Å². The maximum atomic E-state index is 13.3. The van der Waals surface area contributed by atoms with Gasteiger partial charge in [0, 0.05) is 24.5 Å². The molecule has 1 aliphatic rings. The molecule has 1 amide bonds. The minimum Gasteiger partial charge on any atom is -0.375 e. The quantitative estimate of drug-likeness (QED) is 0.764. The Morgan fingerprint density at radius 2 is 2.00 bits per heavy atom. The van der Waals surface area contributed by atoms with Crippen LogP contribution in [-0.4, -0.2) is 41.9 Å². The molecule has 2 N–H and O–H groups in total. The third-order valence-corrected chi connectivity index (χ3v) is 5.31. The standard InChI is InChI=1S/C19H25ClN4O2.ClH/c1-14(17(26-2)15-4-6-16(20)7-5-15)23-18(25)19(8-11-21-12-9-19)24-13-3-10-22-24;/h3-7,10,13-14,17,21H,8-9,11-12H2,1-2H3,(H,23,25);1H. The van der Waals surface area contributed by atoms with Crippen LogP contribution in [0.25, 0.3) is 0 Å². The second-order valence-corrected chi connectivity index (χ2v) is 7.14. The predicted octanol–water partition coefficient (Wildman–Crippen LogP) is 2.93. The van der Waals surface area contributed by atoms with Gasteiger partial charge in [-0.05, 0) is 56.6 Å². The number of nitrogens with zero attached hydrogens (tertiary/aromatic N) is 2. The Hall–Kier alpha value is -1.60. The number of piperidine rings is 1. The van der Waals surface area contributed by atoms with Crippen molar-refractivity contribution in [2.75, 3.05) is 20.2 Å². The van der Waals surface area contributed by atoms with Crippen LogP contribution in [-0.2, 0) is 15.1 Å². The van der Waals surface area contributed by atoms with E-state index in [-0.39, 0.29) is 30.5 Å². The first-order chi connectivity index (χ1) is 12.6. The van der Waals surface area contributed by atoms with E-state index >= 15 is 0 Å². The van der Waals surface area contributed by atoms with Crippen molar-refractivity contribution in [1.29, 1.82) is 0 Å². The Labute approximate surface area is 171 Å². The average molecular weight is 413 g/mol. The average Bonchev–Trinajstić information content (AvgIpc) is 3.19. The van der Waals surface area contributed by atoms with Crippen LogP contribution in [0.3, 0.4) is 0 Å². The molecule has 1 aliphatic heterocycles. The van der Waals surface area contributed by atoms with Crippen LogP contribution in [0.5, 0.6) is 0 Å². The van der Waals surface area contributed by atoms with Crippen molar-refractivity contribution in [3.05, 3.63) is 53.3 Å². The maximum Gasteiger partial charge on any atom is 0.248 e. The van der Waals surface area contributed by atoms with Gasteiger partial charge in [-0.3, -0.25) is 9.48 Å². The SMILES string of the molecule is COC(c1ccc(Cl)cc1)C(C)NC(=O)C1(n2cccn2)CCNCC1.Cl. The summed E-state index contributed by atoms with van der Waals surface area (Å²) in [5.74, 6) is -0.0220. The highest BCUT2D eigenvalue weighted by molar-refractivity contribution is 6.30. The van der Waals surface area contributed by atoms with E-state index in [2.05, 4.69) is 15.7 Å². The zero-order chi connectivity index (χ0) is 18.6. The normalized spacial score (nSPS) is 18.2. The molecule has 0 spiro atoms. The van der Waals surface area contributed by atoms with E-state index in [1.54, 1.807) is 18.0 Å². The van der Waals surface area contributed by atoms with Gasteiger partial charge in [0.25, 0.3) is 0 Å². The molecule has 8 heteroatoms. The Bertz CT molecular complexity index is 716. The molecule has 2 aromatic rings. The molecule has 0 radical (unpaired) electrons. The largest absolute Gasteiger partial charge is 0.375 e. The number of hydrogen-bond acceptors (Lipinski definition) is 4. The van der Waals surface area contributed by atoms with Crippen LogP contribution in [0.15, 0.2) is 42.7 Å². The van der Waals surface area contributed by atoms with Gasteiger partial charge in [0.15, 0.2) is 0 Å². The van der Waals surface area contributed by atoms with Crippen molar-refractivity contribution in [2.24, 2.45) is 0 Å². The summed E-state index contributed by atoms with van der Waals surface area (Å²) in [6.07, 6.45) is 4.72. The summed E-state index contributed by atoms with van der Waals surface area (Å²) < 4.78 is 7.45. The number of amides is 1. The molecule has 1 saturated heterocycles. The van der Waals surface area contributed by atoms with Crippen molar-refractivity contribution in [3.63, 3.8) is 0 Å². The molecule has 0 aliphatic carbocycles. The second kappa shape index (κ2) is 9.55. The van der Waals surface area contributed by atoms with Gasteiger partial charge in [0.1, 0.15) is 11.6 Å². The summed E-state index contributed by atoms with van der Waals surface area (Å²) in [7, 11) is 1.65. The summed E-state index contributed by atoms with van der Waals surface area (Å²) >= 11 is 5.97. The Morgan fingerprint density at radius 1 is 1.33 bits per heavy atom. The molecule has 0 bridgehead atoms. The van der Waals surface area contributed by atoms with Crippen molar-refractivity contribution >= 4 is 29.9 Å². The molecular weight excluding hydrogens is 387 g/mol. The number of carbonyl (C=O) groups excluding carboxylic acids is 1. The van der Waals surface area contributed by atoms with Crippen molar-refractivity contribution in [2.45, 2.75) is 37.5 Å². The highest BCUT2D eigenvalue weighted by atomic mass is 35.5. The van der Waals surface area contributed by atoms with E-state index < -0.39 is 5.54 Å². The summed E-state index contributed by atoms with van der Waals surface area (Å²) in [4.78, 5) is 13.3. The maximum absolute atomic E-state index is 13.3. The highest BCUT2D eigenvalue weighted by Crippen LogP contribution is 2.29. The third-order valence-electron chi connectivity index (χ3n) is 5.06. The minimum atomic E-state index is -0.665. The number of carbonyl (C=O) groups is 1. The smallest absolute Gasteiger partial charge is 0.248 e. The molecule has 1 aromatic carbocycles. The Kier molecular flexibility index (Phi) is 7.68. The van der Waals surface area contributed by atoms with Crippen LogP contribution in [0.2, 0.25) is 5.02 Å². The minimum absolute atomic E-state index is 0. The highest BCUT2D eigenvalue weighted by Gasteiger charge is 2.42. The third kappa shape index (κ3) is 4.63. The molecule has 2 unspecified atom stereocenters. The molecule has 3 rings (SSSR count). The number of nitrogens with one attached hydrogen (secondary N) is 2. The van der Waals surface area contributed by atoms with Gasteiger partial charge in [-0.15, -0.1) is 12.4 Å². The zero-order valence-electron chi connectivity index (χ0n) is 15.5. The zero-order valence-corrected chi connectivity index (χ0v) is 17.1. The van der Waals surface area contributed by atoms with Gasteiger partial charge in [0.05, 0.1) is 6.04 Å². The molecular formula is C19H26Cl2N4O2. The monoisotopic (exact) mass is 412 g/mol. The van der Waals surface area contributed by atoms with Gasteiger partial charge in [0.2, 0.25) is 5.91 Å². The molecule has 2 atom stereocenters. The van der Waals surface area contributed by atoms with Gasteiger partial charge < -0.3 is 15.4 Å². The second-order valence-electron chi connectivity index (χ2n) is 6.70. The molecule has 27 heavy (non-hydrogen) atoms. The predicted molar refractivity (Wildman–Crippen MR) is 108 cm³/mol. The van der Waals surface area contributed by atoms with Crippen LogP contribution >= 0.6 is 24.0 Å². The van der Waals surface area contributed by atoms with E-state index in [1.165, 1.54) is 0 Å². The fourth-order valence-electron chi connectivity index (χ4n) is 3.62. The van der Waals surface area contributed by atoms with Gasteiger partial charge in [-0.25, -0.2) is 0 Å². The topological polar surface area (TPSA) is 68.2 Å². The molecule has 1 aromatic heterocycles. The van der Waals surface area contributed by atoms with Gasteiger partial charge >= 0.3 is 0 Å². The molecule has 2 heterocycles. The molecule has 148 valence electrons. The van der Waals surface area contributed by atoms with Gasteiger partial charge in [-0.2, -0.15) is 5.10 Å². The van der Waals surface area contributed by atoms with Crippen LogP contribution < -0.4 is 10.6 Å². The van der Waals surface area contributed by atoms with Crippen molar-refractivity contribution in [1.82, 2.24) is 20.4 Å². The first kappa shape index (κ1) is 21.7. The number of aromatic nitrogens is 2. The summed E-state index contributed by atoms with van der Waals surface area (Å²) in [6, 6.07) is 9.16. The number of methoxy groups -OCH3 is 1. The van der Waals surface area contributed by atoms with Crippen LogP contribution in [0.4, 0.5) is 0 Å². The number of benzene rings is 1. The fraction of sp³-hybridized carbons (Fsp3) is 0.474. The van der Waals surface area contributed by atoms with E-state index in [1.807, 2.05) is 43.5 Å². The molecule has 0 saturated carbocycles. The number of ether oxygens (including phenoxy) is 1. The van der Waals surface area contributed by atoms with Gasteiger partial charge in [-0.1, -0.05) is 23.7 Å². The lowest BCUT2D eigenvalue weighted by molar-refractivity contribution is -0.133. The van der Waals surface area contributed by atoms with E-state index in [0.717, 1.165) is 18.7 Å².